The van der Waals surface area contributed by atoms with Gasteiger partial charge >= 0.3 is 0 Å². The number of anilines is 1. The molecule has 20 heavy (non-hydrogen) atoms. The minimum absolute atomic E-state index is 0.152. The van der Waals surface area contributed by atoms with Crippen LogP contribution in [-0.4, -0.2) is 9.78 Å². The van der Waals surface area contributed by atoms with Gasteiger partial charge in [0.15, 0.2) is 0 Å². The van der Waals surface area contributed by atoms with Crippen molar-refractivity contribution >= 4 is 16.7 Å². The SMILES string of the molecule is CC(C)(C)c1ccc(-n2nc3ccccc3c2N)cc1. The summed E-state index contributed by atoms with van der Waals surface area (Å²) in [6.45, 7) is 6.62. The van der Waals surface area contributed by atoms with E-state index in [2.05, 4.69) is 50.1 Å². The van der Waals surface area contributed by atoms with E-state index in [-0.39, 0.29) is 5.41 Å². The van der Waals surface area contributed by atoms with Crippen LogP contribution in [0.25, 0.3) is 16.6 Å². The van der Waals surface area contributed by atoms with Gasteiger partial charge in [0.25, 0.3) is 0 Å². The average molecular weight is 265 g/mol. The molecule has 0 unspecified atom stereocenters. The first-order valence-corrected chi connectivity index (χ1v) is 6.81. The number of hydrogen-bond acceptors (Lipinski definition) is 2. The Morgan fingerprint density at radius 2 is 1.60 bits per heavy atom. The van der Waals surface area contributed by atoms with Crippen molar-refractivity contribution in [3.05, 3.63) is 54.1 Å². The molecule has 1 aromatic heterocycles. The Morgan fingerprint density at radius 1 is 0.950 bits per heavy atom. The Balaban J connectivity index is 2.09. The molecule has 3 heteroatoms. The Hall–Kier alpha value is -2.29. The third-order valence-corrected chi connectivity index (χ3v) is 3.59. The molecule has 0 saturated heterocycles. The van der Waals surface area contributed by atoms with Gasteiger partial charge in [-0.15, -0.1) is 0 Å². The molecule has 0 atom stereocenters. The van der Waals surface area contributed by atoms with Crippen molar-refractivity contribution in [3.63, 3.8) is 0 Å². The van der Waals surface area contributed by atoms with E-state index < -0.39 is 0 Å². The largest absolute Gasteiger partial charge is 0.383 e. The van der Waals surface area contributed by atoms with Gasteiger partial charge < -0.3 is 5.73 Å². The van der Waals surface area contributed by atoms with Gasteiger partial charge in [0, 0.05) is 5.39 Å². The molecule has 0 bridgehead atoms. The smallest absolute Gasteiger partial charge is 0.135 e. The standard InChI is InChI=1S/C17H19N3/c1-17(2,3)12-8-10-13(11-9-12)20-16(18)14-6-4-5-7-15(14)19-20/h4-11H,18H2,1-3H3. The fourth-order valence-corrected chi connectivity index (χ4v) is 2.35. The molecule has 2 aromatic carbocycles. The van der Waals surface area contributed by atoms with Crippen molar-refractivity contribution < 1.29 is 0 Å². The summed E-state index contributed by atoms with van der Waals surface area (Å²) in [5.41, 5.74) is 9.56. The van der Waals surface area contributed by atoms with Gasteiger partial charge in [0.1, 0.15) is 5.82 Å². The maximum Gasteiger partial charge on any atom is 0.135 e. The Labute approximate surface area is 119 Å². The fourth-order valence-electron chi connectivity index (χ4n) is 2.35. The van der Waals surface area contributed by atoms with Crippen LogP contribution in [0.4, 0.5) is 5.82 Å². The predicted octanol–water partition coefficient (Wildman–Crippen LogP) is 3.91. The van der Waals surface area contributed by atoms with Gasteiger partial charge in [0.2, 0.25) is 0 Å². The first-order chi connectivity index (χ1) is 9.47. The molecule has 0 radical (unpaired) electrons. The second-order valence-electron chi connectivity index (χ2n) is 6.11. The minimum atomic E-state index is 0.152. The lowest BCUT2D eigenvalue weighted by Gasteiger charge is -2.19. The first kappa shape index (κ1) is 12.7. The number of hydrogen-bond donors (Lipinski definition) is 1. The van der Waals surface area contributed by atoms with Crippen molar-refractivity contribution in [1.82, 2.24) is 9.78 Å². The van der Waals surface area contributed by atoms with Crippen molar-refractivity contribution in [2.75, 3.05) is 5.73 Å². The molecular formula is C17H19N3. The van der Waals surface area contributed by atoms with Crippen LogP contribution in [0.15, 0.2) is 48.5 Å². The second kappa shape index (κ2) is 4.37. The van der Waals surface area contributed by atoms with Gasteiger partial charge in [-0.1, -0.05) is 45.0 Å². The summed E-state index contributed by atoms with van der Waals surface area (Å²) in [7, 11) is 0. The van der Waals surface area contributed by atoms with Crippen molar-refractivity contribution in [2.45, 2.75) is 26.2 Å². The van der Waals surface area contributed by atoms with E-state index in [0.29, 0.717) is 5.82 Å². The number of nitrogen functional groups attached to an aromatic ring is 1. The van der Waals surface area contributed by atoms with E-state index in [1.54, 1.807) is 4.68 Å². The predicted molar refractivity (Wildman–Crippen MR) is 84.2 cm³/mol. The number of rotatable bonds is 1. The summed E-state index contributed by atoms with van der Waals surface area (Å²) in [5, 5.41) is 5.56. The van der Waals surface area contributed by atoms with Crippen LogP contribution in [0, 0.1) is 0 Å². The molecule has 102 valence electrons. The third kappa shape index (κ3) is 2.05. The molecule has 0 spiro atoms. The minimum Gasteiger partial charge on any atom is -0.383 e. The normalized spacial score (nSPS) is 11.9. The Morgan fingerprint density at radius 3 is 2.20 bits per heavy atom. The average Bonchev–Trinajstić information content (AvgIpc) is 2.76. The Bertz CT molecular complexity index is 746. The highest BCUT2D eigenvalue weighted by molar-refractivity contribution is 5.89. The van der Waals surface area contributed by atoms with Crippen LogP contribution in [0.5, 0.6) is 0 Å². The van der Waals surface area contributed by atoms with Crippen LogP contribution < -0.4 is 5.73 Å². The lowest BCUT2D eigenvalue weighted by molar-refractivity contribution is 0.590. The summed E-state index contributed by atoms with van der Waals surface area (Å²) in [6.07, 6.45) is 0. The number of aromatic nitrogens is 2. The quantitative estimate of drug-likeness (QED) is 0.725. The summed E-state index contributed by atoms with van der Waals surface area (Å²) in [5.74, 6) is 0.684. The van der Waals surface area contributed by atoms with E-state index in [1.165, 1.54) is 5.56 Å². The molecule has 0 saturated carbocycles. The highest BCUT2D eigenvalue weighted by Crippen LogP contribution is 2.26. The van der Waals surface area contributed by atoms with Gasteiger partial charge in [-0.05, 0) is 35.2 Å². The fraction of sp³-hybridized carbons (Fsp3) is 0.235. The molecule has 2 N–H and O–H groups in total. The van der Waals surface area contributed by atoms with Crippen LogP contribution in [0.1, 0.15) is 26.3 Å². The number of fused-ring (bicyclic) bond motifs is 1. The van der Waals surface area contributed by atoms with Crippen LogP contribution in [0.3, 0.4) is 0 Å². The van der Waals surface area contributed by atoms with Gasteiger partial charge in [0.05, 0.1) is 11.2 Å². The monoisotopic (exact) mass is 265 g/mol. The molecule has 0 aliphatic rings. The summed E-state index contributed by atoms with van der Waals surface area (Å²) in [4.78, 5) is 0. The highest BCUT2D eigenvalue weighted by Gasteiger charge is 2.14. The molecule has 1 heterocycles. The maximum atomic E-state index is 6.20. The van der Waals surface area contributed by atoms with E-state index in [0.717, 1.165) is 16.6 Å². The van der Waals surface area contributed by atoms with E-state index >= 15 is 0 Å². The number of benzene rings is 2. The lowest BCUT2D eigenvalue weighted by Crippen LogP contribution is -2.11. The highest BCUT2D eigenvalue weighted by atomic mass is 15.3. The molecule has 3 rings (SSSR count). The molecule has 0 aliphatic heterocycles. The van der Waals surface area contributed by atoms with E-state index in [9.17, 15) is 0 Å². The van der Waals surface area contributed by atoms with Crippen molar-refractivity contribution in [2.24, 2.45) is 0 Å². The summed E-state index contributed by atoms with van der Waals surface area (Å²) >= 11 is 0. The summed E-state index contributed by atoms with van der Waals surface area (Å²) < 4.78 is 1.80. The Kier molecular flexibility index (Phi) is 2.78. The second-order valence-corrected chi connectivity index (χ2v) is 6.11. The molecule has 0 fully saturated rings. The van der Waals surface area contributed by atoms with Gasteiger partial charge in [-0.25, -0.2) is 4.68 Å². The zero-order chi connectivity index (χ0) is 14.3. The van der Waals surface area contributed by atoms with Crippen LogP contribution >= 0.6 is 0 Å². The van der Waals surface area contributed by atoms with E-state index in [4.69, 9.17) is 5.73 Å². The number of nitrogens with zero attached hydrogens (tertiary/aromatic N) is 2. The van der Waals surface area contributed by atoms with Crippen molar-refractivity contribution in [3.8, 4) is 5.69 Å². The van der Waals surface area contributed by atoms with Gasteiger partial charge in [-0.3, -0.25) is 0 Å². The first-order valence-electron chi connectivity index (χ1n) is 6.81. The lowest BCUT2D eigenvalue weighted by atomic mass is 9.87. The van der Waals surface area contributed by atoms with Crippen LogP contribution in [0.2, 0.25) is 0 Å². The molecule has 0 aliphatic carbocycles. The molecule has 0 amide bonds. The molecule has 3 aromatic rings. The van der Waals surface area contributed by atoms with Gasteiger partial charge in [-0.2, -0.15) is 5.10 Å². The molecule has 3 nitrogen and oxygen atoms in total. The van der Waals surface area contributed by atoms with Crippen molar-refractivity contribution in [1.29, 1.82) is 0 Å². The topological polar surface area (TPSA) is 43.8 Å². The maximum absolute atomic E-state index is 6.20. The molecular weight excluding hydrogens is 246 g/mol. The number of nitrogens with two attached hydrogens (primary N) is 1. The van der Waals surface area contributed by atoms with E-state index in [1.807, 2.05) is 24.3 Å². The summed E-state index contributed by atoms with van der Waals surface area (Å²) in [6, 6.07) is 16.4. The zero-order valence-electron chi connectivity index (χ0n) is 12.1. The van der Waals surface area contributed by atoms with Crippen LogP contribution in [-0.2, 0) is 5.41 Å². The third-order valence-electron chi connectivity index (χ3n) is 3.59. The zero-order valence-corrected chi connectivity index (χ0v) is 12.1.